The van der Waals surface area contributed by atoms with E-state index < -0.39 is 0 Å². The van der Waals surface area contributed by atoms with E-state index in [-0.39, 0.29) is 0 Å². The molecule has 0 amide bonds. The van der Waals surface area contributed by atoms with Crippen molar-refractivity contribution in [1.82, 2.24) is 4.90 Å². The van der Waals surface area contributed by atoms with Gasteiger partial charge in [-0.25, -0.2) is 0 Å². The minimum absolute atomic E-state index is 0.958. The lowest BCUT2D eigenvalue weighted by molar-refractivity contribution is 0.349. The van der Waals surface area contributed by atoms with E-state index in [4.69, 9.17) is 0 Å². The highest BCUT2D eigenvalue weighted by Crippen LogP contribution is 2.29. The van der Waals surface area contributed by atoms with Crippen molar-refractivity contribution in [3.8, 4) is 0 Å². The van der Waals surface area contributed by atoms with E-state index in [2.05, 4.69) is 25.1 Å². The summed E-state index contributed by atoms with van der Waals surface area (Å²) >= 11 is 0. The van der Waals surface area contributed by atoms with Crippen molar-refractivity contribution in [2.45, 2.75) is 12.8 Å². The lowest BCUT2D eigenvalue weighted by Gasteiger charge is -2.16. The van der Waals surface area contributed by atoms with Crippen LogP contribution in [0.5, 0.6) is 0 Å². The van der Waals surface area contributed by atoms with Crippen molar-refractivity contribution < 1.29 is 0 Å². The maximum atomic E-state index is 3.78. The largest absolute Gasteiger partial charge is 0.302 e. The summed E-state index contributed by atoms with van der Waals surface area (Å²) in [6, 6.07) is 0. The van der Waals surface area contributed by atoms with Crippen molar-refractivity contribution in [2.75, 3.05) is 20.1 Å². The maximum Gasteiger partial charge on any atom is 0.0230 e. The van der Waals surface area contributed by atoms with Gasteiger partial charge in [0.2, 0.25) is 0 Å². The van der Waals surface area contributed by atoms with Crippen LogP contribution in [0, 0.1) is 5.92 Å². The van der Waals surface area contributed by atoms with Gasteiger partial charge in [-0.2, -0.15) is 0 Å². The molecular weight excluding hydrogens is 158 g/mol. The Labute approximate surface area is 81.4 Å². The molecule has 0 aromatic heterocycles. The van der Waals surface area contributed by atoms with Crippen molar-refractivity contribution in [1.29, 1.82) is 0 Å². The molecule has 1 heteroatoms. The fourth-order valence-electron chi connectivity index (χ4n) is 1.45. The van der Waals surface area contributed by atoms with Gasteiger partial charge in [0, 0.05) is 13.1 Å². The summed E-state index contributed by atoms with van der Waals surface area (Å²) in [4.78, 5) is 2.36. The number of hydrogen-bond donors (Lipinski definition) is 0. The molecule has 0 radical (unpaired) electrons. The van der Waals surface area contributed by atoms with Crippen LogP contribution >= 0.6 is 0 Å². The summed E-state index contributed by atoms with van der Waals surface area (Å²) in [7, 11) is 2.17. The average Bonchev–Trinajstić information content (AvgIpc) is 2.87. The molecule has 0 aliphatic heterocycles. The second-order valence-electron chi connectivity index (χ2n) is 3.82. The molecule has 0 heterocycles. The molecule has 0 bridgehead atoms. The molecule has 1 aliphatic rings. The number of rotatable bonds is 6. The third-order valence-electron chi connectivity index (χ3n) is 2.31. The SMILES string of the molecule is C=C/C=C(\C=C)CN(C)CC1CC1. The first-order chi connectivity index (χ1) is 6.26. The Bertz CT molecular complexity index is 211. The van der Waals surface area contributed by atoms with Gasteiger partial charge in [0.15, 0.2) is 0 Å². The summed E-state index contributed by atoms with van der Waals surface area (Å²) < 4.78 is 0. The summed E-state index contributed by atoms with van der Waals surface area (Å²) in [5.74, 6) is 0.958. The molecule has 1 nitrogen and oxygen atoms in total. The zero-order chi connectivity index (χ0) is 9.68. The van der Waals surface area contributed by atoms with Crippen LogP contribution in [0.4, 0.5) is 0 Å². The lowest BCUT2D eigenvalue weighted by atomic mass is 10.2. The minimum atomic E-state index is 0.958. The summed E-state index contributed by atoms with van der Waals surface area (Å²) in [6.45, 7) is 9.69. The van der Waals surface area contributed by atoms with Crippen LogP contribution < -0.4 is 0 Å². The highest BCUT2D eigenvalue weighted by atomic mass is 15.1. The second kappa shape index (κ2) is 5.03. The van der Waals surface area contributed by atoms with Gasteiger partial charge in [0.05, 0.1) is 0 Å². The molecule has 0 aromatic rings. The first-order valence-corrected chi connectivity index (χ1v) is 4.89. The normalized spacial score (nSPS) is 17.5. The molecule has 1 rings (SSSR count). The Hall–Kier alpha value is -0.820. The molecule has 0 saturated heterocycles. The molecule has 0 unspecified atom stereocenters. The van der Waals surface area contributed by atoms with E-state index in [1.807, 2.05) is 18.2 Å². The van der Waals surface area contributed by atoms with Crippen LogP contribution in [-0.2, 0) is 0 Å². The van der Waals surface area contributed by atoms with Gasteiger partial charge in [-0.3, -0.25) is 0 Å². The number of nitrogens with zero attached hydrogens (tertiary/aromatic N) is 1. The zero-order valence-corrected chi connectivity index (χ0v) is 8.50. The summed E-state index contributed by atoms with van der Waals surface area (Å²) in [6.07, 6.45) is 8.58. The van der Waals surface area contributed by atoms with Crippen LogP contribution in [0.3, 0.4) is 0 Å². The molecule has 72 valence electrons. The van der Waals surface area contributed by atoms with Gasteiger partial charge >= 0.3 is 0 Å². The molecule has 1 saturated carbocycles. The number of hydrogen-bond acceptors (Lipinski definition) is 1. The van der Waals surface area contributed by atoms with E-state index in [1.54, 1.807) is 0 Å². The zero-order valence-electron chi connectivity index (χ0n) is 8.50. The van der Waals surface area contributed by atoms with E-state index >= 15 is 0 Å². The summed E-state index contributed by atoms with van der Waals surface area (Å²) in [5.41, 5.74) is 1.25. The highest BCUT2D eigenvalue weighted by Gasteiger charge is 2.22. The van der Waals surface area contributed by atoms with Gasteiger partial charge in [0.25, 0.3) is 0 Å². The van der Waals surface area contributed by atoms with Crippen molar-refractivity contribution >= 4 is 0 Å². The van der Waals surface area contributed by atoms with E-state index in [0.717, 1.165) is 12.5 Å². The standard InChI is InChI=1S/C12H19N/c1-4-6-11(5-2)9-13(3)10-12-7-8-12/h4-6,12H,1-2,7-10H2,3H3/b11-6+. The van der Waals surface area contributed by atoms with E-state index in [9.17, 15) is 0 Å². The Morgan fingerprint density at radius 1 is 1.46 bits per heavy atom. The van der Waals surface area contributed by atoms with Gasteiger partial charge < -0.3 is 4.90 Å². The Morgan fingerprint density at radius 2 is 2.15 bits per heavy atom. The molecule has 0 aromatic carbocycles. The molecule has 13 heavy (non-hydrogen) atoms. The van der Waals surface area contributed by atoms with E-state index in [1.165, 1.54) is 25.0 Å². The monoisotopic (exact) mass is 177 g/mol. The first-order valence-electron chi connectivity index (χ1n) is 4.89. The molecule has 0 spiro atoms. The third kappa shape index (κ3) is 4.09. The predicted octanol–water partition coefficient (Wildman–Crippen LogP) is 2.63. The Balaban J connectivity index is 2.30. The van der Waals surface area contributed by atoms with Crippen LogP contribution in [-0.4, -0.2) is 25.0 Å². The van der Waals surface area contributed by atoms with Crippen LogP contribution in [0.15, 0.2) is 37.0 Å². The minimum Gasteiger partial charge on any atom is -0.302 e. The van der Waals surface area contributed by atoms with Crippen LogP contribution in [0.25, 0.3) is 0 Å². The molecule has 0 atom stereocenters. The van der Waals surface area contributed by atoms with Crippen molar-refractivity contribution in [3.63, 3.8) is 0 Å². The second-order valence-corrected chi connectivity index (χ2v) is 3.82. The maximum absolute atomic E-state index is 3.78. The topological polar surface area (TPSA) is 3.24 Å². The van der Waals surface area contributed by atoms with Crippen molar-refractivity contribution in [3.05, 3.63) is 37.0 Å². The predicted molar refractivity (Wildman–Crippen MR) is 58.7 cm³/mol. The van der Waals surface area contributed by atoms with Crippen molar-refractivity contribution in [2.24, 2.45) is 5.92 Å². The molecule has 0 N–H and O–H groups in total. The first kappa shape index (κ1) is 10.3. The number of likely N-dealkylation sites (N-methyl/N-ethyl adjacent to an activating group) is 1. The quantitative estimate of drug-likeness (QED) is 0.564. The van der Waals surface area contributed by atoms with Crippen LogP contribution in [0.1, 0.15) is 12.8 Å². The summed E-state index contributed by atoms with van der Waals surface area (Å²) in [5, 5.41) is 0. The van der Waals surface area contributed by atoms with Crippen LogP contribution in [0.2, 0.25) is 0 Å². The molecule has 1 aliphatic carbocycles. The Morgan fingerprint density at radius 3 is 2.62 bits per heavy atom. The fourth-order valence-corrected chi connectivity index (χ4v) is 1.45. The van der Waals surface area contributed by atoms with Gasteiger partial charge in [-0.15, -0.1) is 0 Å². The highest BCUT2D eigenvalue weighted by molar-refractivity contribution is 5.22. The van der Waals surface area contributed by atoms with E-state index in [0.29, 0.717) is 0 Å². The van der Waals surface area contributed by atoms with Gasteiger partial charge in [-0.1, -0.05) is 31.4 Å². The van der Waals surface area contributed by atoms with Gasteiger partial charge in [0.1, 0.15) is 0 Å². The number of allylic oxidation sites excluding steroid dienone is 2. The third-order valence-corrected chi connectivity index (χ3v) is 2.31. The fraction of sp³-hybridized carbons (Fsp3) is 0.500. The smallest absolute Gasteiger partial charge is 0.0230 e. The average molecular weight is 177 g/mol. The molecular formula is C12H19N. The lowest BCUT2D eigenvalue weighted by Crippen LogP contribution is -2.23. The Kier molecular flexibility index (Phi) is 3.97. The molecule has 1 fully saturated rings. The van der Waals surface area contributed by atoms with Gasteiger partial charge in [-0.05, 0) is 31.4 Å².